The van der Waals surface area contributed by atoms with Gasteiger partial charge in [-0.1, -0.05) is 39.0 Å². The fraction of sp³-hybridized carbons (Fsp3) is 0.533. The van der Waals surface area contributed by atoms with Gasteiger partial charge < -0.3 is 10.4 Å². The molecular formula is C15H21BrFNO2. The van der Waals surface area contributed by atoms with E-state index in [1.807, 2.05) is 0 Å². The van der Waals surface area contributed by atoms with Crippen LogP contribution >= 0.6 is 15.9 Å². The van der Waals surface area contributed by atoms with E-state index >= 15 is 0 Å². The fourth-order valence-electron chi connectivity index (χ4n) is 1.98. The minimum absolute atomic E-state index is 0.00190. The molecule has 0 aliphatic carbocycles. The molecule has 3 nitrogen and oxygen atoms in total. The van der Waals surface area contributed by atoms with Crippen LogP contribution in [0.5, 0.6) is 0 Å². The van der Waals surface area contributed by atoms with Gasteiger partial charge in [0.25, 0.3) is 0 Å². The van der Waals surface area contributed by atoms with Gasteiger partial charge in [-0.15, -0.1) is 0 Å². The third-order valence-electron chi connectivity index (χ3n) is 3.16. The molecule has 0 bridgehead atoms. The number of nitrogens with one attached hydrogen (secondary N) is 1. The molecular weight excluding hydrogens is 325 g/mol. The molecule has 0 saturated carbocycles. The van der Waals surface area contributed by atoms with Gasteiger partial charge in [0.15, 0.2) is 5.82 Å². The lowest BCUT2D eigenvalue weighted by Gasteiger charge is -2.10. The van der Waals surface area contributed by atoms with Crippen molar-refractivity contribution in [2.24, 2.45) is 0 Å². The molecule has 0 aromatic heterocycles. The highest BCUT2D eigenvalue weighted by molar-refractivity contribution is 9.10. The lowest BCUT2D eigenvalue weighted by Crippen LogP contribution is -2.06. The zero-order valence-corrected chi connectivity index (χ0v) is 13.3. The van der Waals surface area contributed by atoms with Gasteiger partial charge in [0, 0.05) is 6.54 Å². The molecule has 112 valence electrons. The van der Waals surface area contributed by atoms with E-state index in [1.165, 1.54) is 37.8 Å². The third kappa shape index (κ3) is 5.12. The monoisotopic (exact) mass is 345 g/mol. The maximum Gasteiger partial charge on any atom is 0.336 e. The Morgan fingerprint density at radius 2 is 1.90 bits per heavy atom. The number of aromatic carboxylic acids is 1. The van der Waals surface area contributed by atoms with Crippen molar-refractivity contribution in [3.8, 4) is 0 Å². The first-order valence-corrected chi connectivity index (χ1v) is 7.82. The molecule has 1 aromatic rings. The smallest absolute Gasteiger partial charge is 0.336 e. The molecule has 0 spiro atoms. The van der Waals surface area contributed by atoms with Crippen molar-refractivity contribution in [2.75, 3.05) is 11.9 Å². The summed E-state index contributed by atoms with van der Waals surface area (Å²) in [6.07, 6.45) is 7.08. The van der Waals surface area contributed by atoms with Crippen LogP contribution in [0.2, 0.25) is 0 Å². The van der Waals surface area contributed by atoms with Crippen molar-refractivity contribution < 1.29 is 14.3 Å². The number of anilines is 1. The zero-order valence-electron chi connectivity index (χ0n) is 11.7. The topological polar surface area (TPSA) is 49.3 Å². The molecule has 0 aliphatic rings. The van der Waals surface area contributed by atoms with Crippen molar-refractivity contribution in [1.82, 2.24) is 0 Å². The van der Waals surface area contributed by atoms with E-state index < -0.39 is 11.8 Å². The largest absolute Gasteiger partial charge is 0.478 e. The molecule has 0 unspecified atom stereocenters. The van der Waals surface area contributed by atoms with Crippen LogP contribution in [-0.4, -0.2) is 17.6 Å². The van der Waals surface area contributed by atoms with Crippen LogP contribution in [0.25, 0.3) is 0 Å². The maximum absolute atomic E-state index is 13.9. The number of hydrogen-bond donors (Lipinski definition) is 2. The molecule has 0 atom stereocenters. The first-order valence-electron chi connectivity index (χ1n) is 7.03. The second kappa shape index (κ2) is 8.95. The Bertz CT molecular complexity index is 452. The average molecular weight is 346 g/mol. The third-order valence-corrected chi connectivity index (χ3v) is 3.93. The van der Waals surface area contributed by atoms with Gasteiger partial charge in [-0.05, 0) is 34.5 Å². The lowest BCUT2D eigenvalue weighted by atomic mass is 10.1. The number of carboxylic acids is 1. The lowest BCUT2D eigenvalue weighted by molar-refractivity contribution is 0.0695. The molecule has 0 heterocycles. The van der Waals surface area contributed by atoms with Crippen LogP contribution < -0.4 is 5.32 Å². The van der Waals surface area contributed by atoms with Gasteiger partial charge in [0.2, 0.25) is 0 Å². The standard InChI is InChI=1S/C15H21BrFNO2/c1-2-3-4-5-6-7-10-18-12-9-8-11(15(19)20)13(16)14(12)17/h8-9,18H,2-7,10H2,1H3,(H,19,20). The molecule has 20 heavy (non-hydrogen) atoms. The predicted molar refractivity (Wildman–Crippen MR) is 82.9 cm³/mol. The van der Waals surface area contributed by atoms with Crippen LogP contribution in [0, 0.1) is 5.82 Å². The molecule has 1 rings (SSSR count). The number of rotatable bonds is 9. The normalized spacial score (nSPS) is 10.6. The van der Waals surface area contributed by atoms with Crippen molar-refractivity contribution in [3.63, 3.8) is 0 Å². The highest BCUT2D eigenvalue weighted by atomic mass is 79.9. The van der Waals surface area contributed by atoms with Crippen LogP contribution in [0.4, 0.5) is 10.1 Å². The summed E-state index contributed by atoms with van der Waals surface area (Å²) in [6.45, 7) is 2.88. The summed E-state index contributed by atoms with van der Waals surface area (Å²) in [7, 11) is 0. The number of benzene rings is 1. The van der Waals surface area contributed by atoms with Crippen molar-refractivity contribution in [1.29, 1.82) is 0 Å². The number of unbranched alkanes of at least 4 members (excludes halogenated alkanes) is 5. The maximum atomic E-state index is 13.9. The van der Waals surface area contributed by atoms with Crippen LogP contribution in [0.1, 0.15) is 55.8 Å². The number of hydrogen-bond acceptors (Lipinski definition) is 2. The van der Waals surface area contributed by atoms with E-state index in [-0.39, 0.29) is 10.0 Å². The van der Waals surface area contributed by atoms with E-state index in [0.717, 1.165) is 12.8 Å². The Hall–Kier alpha value is -1.10. The first kappa shape index (κ1) is 17.0. The van der Waals surface area contributed by atoms with E-state index in [1.54, 1.807) is 0 Å². The highest BCUT2D eigenvalue weighted by Crippen LogP contribution is 2.27. The minimum Gasteiger partial charge on any atom is -0.478 e. The summed E-state index contributed by atoms with van der Waals surface area (Å²) >= 11 is 2.99. The summed E-state index contributed by atoms with van der Waals surface area (Å²) in [5.74, 6) is -1.69. The molecule has 0 fully saturated rings. The minimum atomic E-state index is -1.14. The summed E-state index contributed by atoms with van der Waals surface area (Å²) in [4.78, 5) is 10.9. The van der Waals surface area contributed by atoms with E-state index in [4.69, 9.17) is 5.11 Å². The molecule has 0 saturated heterocycles. The van der Waals surface area contributed by atoms with Crippen molar-refractivity contribution >= 4 is 27.6 Å². The average Bonchev–Trinajstić information content (AvgIpc) is 2.42. The van der Waals surface area contributed by atoms with Crippen molar-refractivity contribution in [2.45, 2.75) is 45.4 Å². The van der Waals surface area contributed by atoms with Crippen molar-refractivity contribution in [3.05, 3.63) is 28.0 Å². The molecule has 0 amide bonds. The zero-order chi connectivity index (χ0) is 15.0. The molecule has 0 aliphatic heterocycles. The SMILES string of the molecule is CCCCCCCCNc1ccc(C(=O)O)c(Br)c1F. The second-order valence-corrected chi connectivity index (χ2v) is 5.58. The van der Waals surface area contributed by atoms with E-state index in [0.29, 0.717) is 12.2 Å². The Morgan fingerprint density at radius 3 is 2.55 bits per heavy atom. The molecule has 5 heteroatoms. The van der Waals surface area contributed by atoms with Gasteiger partial charge in [0.1, 0.15) is 0 Å². The van der Waals surface area contributed by atoms with Gasteiger partial charge in [-0.2, -0.15) is 0 Å². The first-order chi connectivity index (χ1) is 9.57. The fourth-order valence-corrected chi connectivity index (χ4v) is 2.49. The van der Waals surface area contributed by atoms with E-state index in [9.17, 15) is 9.18 Å². The number of halogens is 2. The summed E-state index contributed by atoms with van der Waals surface area (Å²) in [6, 6.07) is 2.87. The highest BCUT2D eigenvalue weighted by Gasteiger charge is 2.15. The van der Waals surface area contributed by atoms with Gasteiger partial charge in [-0.25, -0.2) is 9.18 Å². The Kier molecular flexibility index (Phi) is 7.59. The Labute approximate surface area is 127 Å². The van der Waals surface area contributed by atoms with E-state index in [2.05, 4.69) is 28.2 Å². The Morgan fingerprint density at radius 1 is 1.25 bits per heavy atom. The van der Waals surface area contributed by atoms with Crippen LogP contribution in [0.15, 0.2) is 16.6 Å². The van der Waals surface area contributed by atoms with Gasteiger partial charge in [-0.3, -0.25) is 0 Å². The van der Waals surface area contributed by atoms with Crippen LogP contribution in [-0.2, 0) is 0 Å². The predicted octanol–water partition coefficient (Wildman–Crippen LogP) is 5.06. The molecule has 0 radical (unpaired) electrons. The number of carboxylic acid groups (broad SMARTS) is 1. The summed E-state index contributed by atoms with van der Waals surface area (Å²) in [5.41, 5.74) is 0.281. The van der Waals surface area contributed by atoms with Gasteiger partial charge in [0.05, 0.1) is 15.7 Å². The Balaban J connectivity index is 2.41. The second-order valence-electron chi connectivity index (χ2n) is 4.79. The summed E-state index contributed by atoms with van der Waals surface area (Å²) in [5, 5.41) is 11.9. The van der Waals surface area contributed by atoms with Crippen LogP contribution in [0.3, 0.4) is 0 Å². The quantitative estimate of drug-likeness (QED) is 0.615. The molecule has 1 aromatic carbocycles. The number of carbonyl (C=O) groups is 1. The van der Waals surface area contributed by atoms with Gasteiger partial charge >= 0.3 is 5.97 Å². The molecule has 2 N–H and O–H groups in total. The summed E-state index contributed by atoms with van der Waals surface area (Å²) < 4.78 is 13.9.